The molecule has 0 heterocycles. The molecule has 0 saturated heterocycles. The molecule has 110 valence electrons. The molecule has 0 aromatic heterocycles. The minimum absolute atomic E-state index is 0.0366. The summed E-state index contributed by atoms with van der Waals surface area (Å²) in [4.78, 5) is 0. The average molecular weight is 281 g/mol. The van der Waals surface area contributed by atoms with Gasteiger partial charge < -0.3 is 10.5 Å². The predicted molar refractivity (Wildman–Crippen MR) is 73.6 cm³/mol. The van der Waals surface area contributed by atoms with Crippen LogP contribution in [0.25, 0.3) is 0 Å². The number of rotatable bonds is 10. The van der Waals surface area contributed by atoms with E-state index in [4.69, 9.17) is 10.5 Å². The molecular weight excluding hydrogens is 254 g/mol. The zero-order valence-corrected chi connectivity index (χ0v) is 12.7. The smallest absolute Gasteiger partial charge is 0.282 e. The maximum absolute atomic E-state index is 12.4. The second-order valence-corrected chi connectivity index (χ2v) is 6.32. The molecule has 18 heavy (non-hydrogen) atoms. The number of hydrogen-bond donors (Lipinski definition) is 1. The first-order valence-corrected chi connectivity index (χ1v) is 7.73. The zero-order valence-electron chi connectivity index (χ0n) is 11.9. The van der Waals surface area contributed by atoms with Crippen molar-refractivity contribution in [2.24, 2.45) is 5.73 Å². The van der Waals surface area contributed by atoms with Crippen LogP contribution in [0.3, 0.4) is 0 Å². The molecule has 7 heteroatoms. The first kappa shape index (κ1) is 17.8. The van der Waals surface area contributed by atoms with Gasteiger partial charge in [0.2, 0.25) is 0 Å². The fraction of sp³-hybridized carbons (Fsp3) is 1.00. The lowest BCUT2D eigenvalue weighted by Crippen LogP contribution is -2.47. The molecular formula is C11H27N3O3S. The Kier molecular flexibility index (Phi) is 8.71. The summed E-state index contributed by atoms with van der Waals surface area (Å²) < 4.78 is 32.6. The van der Waals surface area contributed by atoms with Gasteiger partial charge in [0.1, 0.15) is 0 Å². The van der Waals surface area contributed by atoms with Gasteiger partial charge in [-0.2, -0.15) is 17.0 Å². The second-order valence-electron chi connectivity index (χ2n) is 4.33. The van der Waals surface area contributed by atoms with Crippen LogP contribution in [0.15, 0.2) is 0 Å². The predicted octanol–water partition coefficient (Wildman–Crippen LogP) is 0.259. The van der Waals surface area contributed by atoms with Gasteiger partial charge in [-0.05, 0) is 26.3 Å². The summed E-state index contributed by atoms with van der Waals surface area (Å²) in [5, 5.41) is 0. The fourth-order valence-electron chi connectivity index (χ4n) is 1.56. The molecule has 0 bridgehead atoms. The van der Waals surface area contributed by atoms with Crippen LogP contribution in [0, 0.1) is 0 Å². The lowest BCUT2D eigenvalue weighted by atomic mass is 10.3. The summed E-state index contributed by atoms with van der Waals surface area (Å²) in [6, 6.07) is -0.0366. The van der Waals surface area contributed by atoms with E-state index in [-0.39, 0.29) is 6.04 Å². The SMILES string of the molecule is CCC(C)N(CCOC)S(=O)(=O)N(C)CCCN. The number of nitrogens with two attached hydrogens (primary N) is 1. The molecule has 0 aliphatic rings. The Bertz CT molecular complexity index is 309. The summed E-state index contributed by atoms with van der Waals surface area (Å²) in [7, 11) is -0.266. The average Bonchev–Trinajstić information content (AvgIpc) is 2.35. The molecule has 0 aliphatic carbocycles. The fourth-order valence-corrected chi connectivity index (χ4v) is 3.18. The van der Waals surface area contributed by atoms with E-state index in [1.54, 1.807) is 14.2 Å². The monoisotopic (exact) mass is 281 g/mol. The first-order valence-electron chi connectivity index (χ1n) is 6.33. The van der Waals surface area contributed by atoms with Crippen LogP contribution in [0.5, 0.6) is 0 Å². The van der Waals surface area contributed by atoms with Crippen molar-refractivity contribution in [1.82, 2.24) is 8.61 Å². The van der Waals surface area contributed by atoms with Crippen molar-refractivity contribution in [1.29, 1.82) is 0 Å². The number of hydrogen-bond acceptors (Lipinski definition) is 4. The lowest BCUT2D eigenvalue weighted by Gasteiger charge is -2.31. The van der Waals surface area contributed by atoms with Gasteiger partial charge in [-0.1, -0.05) is 6.92 Å². The minimum atomic E-state index is -3.43. The van der Waals surface area contributed by atoms with Crippen molar-refractivity contribution in [3.05, 3.63) is 0 Å². The Balaban J connectivity index is 4.83. The van der Waals surface area contributed by atoms with Crippen LogP contribution in [0.2, 0.25) is 0 Å². The third-order valence-corrected chi connectivity index (χ3v) is 5.07. The van der Waals surface area contributed by atoms with E-state index in [1.807, 2.05) is 13.8 Å². The molecule has 0 amide bonds. The summed E-state index contributed by atoms with van der Waals surface area (Å²) in [5.74, 6) is 0. The normalized spacial score (nSPS) is 14.4. The van der Waals surface area contributed by atoms with Crippen LogP contribution < -0.4 is 5.73 Å². The van der Waals surface area contributed by atoms with Crippen LogP contribution >= 0.6 is 0 Å². The number of nitrogens with zero attached hydrogens (tertiary/aromatic N) is 2. The summed E-state index contributed by atoms with van der Waals surface area (Å²) in [5.41, 5.74) is 5.41. The van der Waals surface area contributed by atoms with Crippen LogP contribution in [-0.4, -0.2) is 63.5 Å². The molecule has 0 radical (unpaired) electrons. The summed E-state index contributed by atoms with van der Waals surface area (Å²) in [6.07, 6.45) is 1.43. The van der Waals surface area contributed by atoms with Gasteiger partial charge >= 0.3 is 0 Å². The van der Waals surface area contributed by atoms with Crippen molar-refractivity contribution in [3.8, 4) is 0 Å². The van der Waals surface area contributed by atoms with Gasteiger partial charge in [0.05, 0.1) is 6.61 Å². The van der Waals surface area contributed by atoms with Gasteiger partial charge in [0.15, 0.2) is 0 Å². The van der Waals surface area contributed by atoms with Crippen molar-refractivity contribution >= 4 is 10.2 Å². The van der Waals surface area contributed by atoms with E-state index in [0.29, 0.717) is 32.7 Å². The molecule has 0 rings (SSSR count). The largest absolute Gasteiger partial charge is 0.383 e. The Morgan fingerprint density at radius 1 is 1.33 bits per heavy atom. The topological polar surface area (TPSA) is 75.9 Å². The van der Waals surface area contributed by atoms with Gasteiger partial charge in [0, 0.05) is 33.3 Å². The highest BCUT2D eigenvalue weighted by Gasteiger charge is 2.29. The molecule has 0 spiro atoms. The molecule has 0 aliphatic heterocycles. The van der Waals surface area contributed by atoms with Gasteiger partial charge in [-0.15, -0.1) is 0 Å². The third-order valence-electron chi connectivity index (χ3n) is 2.97. The van der Waals surface area contributed by atoms with Gasteiger partial charge in [0.25, 0.3) is 10.2 Å². The summed E-state index contributed by atoms with van der Waals surface area (Å²) in [6.45, 7) is 5.58. The zero-order chi connectivity index (χ0) is 14.2. The van der Waals surface area contributed by atoms with Crippen molar-refractivity contribution in [2.45, 2.75) is 32.7 Å². The Morgan fingerprint density at radius 3 is 2.39 bits per heavy atom. The standard InChI is InChI=1S/C11H27N3O3S/c1-5-11(2)14(9-10-17-4)18(15,16)13(3)8-6-7-12/h11H,5-10,12H2,1-4H3. The maximum atomic E-state index is 12.4. The van der Waals surface area contributed by atoms with Crippen LogP contribution in [0.4, 0.5) is 0 Å². The van der Waals surface area contributed by atoms with E-state index < -0.39 is 10.2 Å². The molecule has 2 N–H and O–H groups in total. The maximum Gasteiger partial charge on any atom is 0.282 e. The molecule has 0 aromatic carbocycles. The Morgan fingerprint density at radius 2 is 1.94 bits per heavy atom. The molecule has 1 atom stereocenters. The second kappa shape index (κ2) is 8.82. The third kappa shape index (κ3) is 5.19. The highest BCUT2D eigenvalue weighted by atomic mass is 32.2. The Hall–Kier alpha value is -0.210. The highest BCUT2D eigenvalue weighted by molar-refractivity contribution is 7.86. The molecule has 0 aromatic rings. The van der Waals surface area contributed by atoms with E-state index in [9.17, 15) is 8.42 Å². The summed E-state index contributed by atoms with van der Waals surface area (Å²) >= 11 is 0. The highest BCUT2D eigenvalue weighted by Crippen LogP contribution is 2.13. The molecule has 0 saturated carbocycles. The van der Waals surface area contributed by atoms with Crippen molar-refractivity contribution in [2.75, 3.05) is 40.4 Å². The molecule has 1 unspecified atom stereocenters. The van der Waals surface area contributed by atoms with Crippen LogP contribution in [0.1, 0.15) is 26.7 Å². The number of ether oxygens (including phenoxy) is 1. The Labute approximate surface area is 111 Å². The lowest BCUT2D eigenvalue weighted by molar-refractivity contribution is 0.164. The molecule has 0 fully saturated rings. The quantitative estimate of drug-likeness (QED) is 0.623. The van der Waals surface area contributed by atoms with E-state index in [2.05, 4.69) is 0 Å². The van der Waals surface area contributed by atoms with E-state index in [1.165, 1.54) is 8.61 Å². The van der Waals surface area contributed by atoms with E-state index in [0.717, 1.165) is 6.42 Å². The van der Waals surface area contributed by atoms with Gasteiger partial charge in [-0.25, -0.2) is 0 Å². The first-order chi connectivity index (χ1) is 8.41. The van der Waals surface area contributed by atoms with Crippen molar-refractivity contribution < 1.29 is 13.2 Å². The van der Waals surface area contributed by atoms with Crippen molar-refractivity contribution in [3.63, 3.8) is 0 Å². The number of methoxy groups -OCH3 is 1. The molecule has 6 nitrogen and oxygen atoms in total. The van der Waals surface area contributed by atoms with Crippen LogP contribution in [-0.2, 0) is 14.9 Å². The minimum Gasteiger partial charge on any atom is -0.383 e. The van der Waals surface area contributed by atoms with E-state index >= 15 is 0 Å². The van der Waals surface area contributed by atoms with Gasteiger partial charge in [-0.3, -0.25) is 0 Å².